The quantitative estimate of drug-likeness (QED) is 0.534. The normalized spacial score (nSPS) is 26.8. The topological polar surface area (TPSA) is 52.6 Å². The van der Waals surface area contributed by atoms with Crippen LogP contribution in [-0.4, -0.2) is 24.1 Å². The van der Waals surface area contributed by atoms with Crippen molar-refractivity contribution in [1.82, 2.24) is 0 Å². The maximum atomic E-state index is 11.5. The van der Waals surface area contributed by atoms with Crippen LogP contribution in [0.2, 0.25) is 0 Å². The molecule has 0 aromatic rings. The first-order chi connectivity index (χ1) is 6.23. The monoisotopic (exact) mass is 184 g/mol. The van der Waals surface area contributed by atoms with Crippen LogP contribution >= 0.6 is 0 Å². The summed E-state index contributed by atoms with van der Waals surface area (Å²) in [6, 6.07) is 0. The molecule has 1 saturated heterocycles. The van der Waals surface area contributed by atoms with E-state index in [2.05, 4.69) is 4.74 Å². The Hall–Kier alpha value is -1.06. The van der Waals surface area contributed by atoms with E-state index in [1.165, 1.54) is 0 Å². The van der Waals surface area contributed by atoms with Gasteiger partial charge in [0.25, 0.3) is 0 Å². The number of hydrogen-bond donors (Lipinski definition) is 0. The van der Waals surface area contributed by atoms with Gasteiger partial charge in [-0.1, -0.05) is 6.42 Å². The van der Waals surface area contributed by atoms with Crippen molar-refractivity contribution in [2.75, 3.05) is 6.61 Å². The summed E-state index contributed by atoms with van der Waals surface area (Å²) in [4.78, 5) is 22.4. The number of ether oxygens (including phenoxy) is 2. The molecule has 13 heavy (non-hydrogen) atoms. The van der Waals surface area contributed by atoms with Crippen LogP contribution in [0.4, 0.5) is 4.79 Å². The smallest absolute Gasteiger partial charge is 0.426 e. The number of carbonyl (C=O) groups is 2. The van der Waals surface area contributed by atoms with Crippen LogP contribution < -0.4 is 0 Å². The van der Waals surface area contributed by atoms with Crippen LogP contribution in [0.3, 0.4) is 0 Å². The molecule has 4 nitrogen and oxygen atoms in total. The molecule has 1 saturated carbocycles. The average molecular weight is 184 g/mol. The molecule has 2 rings (SSSR count). The van der Waals surface area contributed by atoms with Crippen molar-refractivity contribution >= 4 is 11.9 Å². The van der Waals surface area contributed by atoms with E-state index in [-0.39, 0.29) is 12.4 Å². The fourth-order valence-corrected chi connectivity index (χ4v) is 2.01. The molecule has 2 fully saturated rings. The summed E-state index contributed by atoms with van der Waals surface area (Å²) in [5.74, 6) is -0.0770. The van der Waals surface area contributed by atoms with Gasteiger partial charge in [-0.25, -0.2) is 4.79 Å². The first kappa shape index (κ1) is 8.53. The van der Waals surface area contributed by atoms with Gasteiger partial charge in [0.2, 0.25) is 5.78 Å². The Kier molecular flexibility index (Phi) is 1.98. The highest BCUT2D eigenvalue weighted by Gasteiger charge is 2.46. The van der Waals surface area contributed by atoms with E-state index in [9.17, 15) is 9.59 Å². The van der Waals surface area contributed by atoms with Gasteiger partial charge in [0.05, 0.1) is 0 Å². The van der Waals surface area contributed by atoms with Crippen LogP contribution in [-0.2, 0) is 14.3 Å². The van der Waals surface area contributed by atoms with Gasteiger partial charge in [-0.15, -0.1) is 0 Å². The van der Waals surface area contributed by atoms with Gasteiger partial charge in [0.1, 0.15) is 0 Å². The van der Waals surface area contributed by atoms with Crippen molar-refractivity contribution in [3.63, 3.8) is 0 Å². The zero-order chi connectivity index (χ0) is 9.31. The largest absolute Gasteiger partial charge is 0.509 e. The van der Waals surface area contributed by atoms with E-state index in [4.69, 9.17) is 4.74 Å². The van der Waals surface area contributed by atoms with E-state index >= 15 is 0 Å². The zero-order valence-electron chi connectivity index (χ0n) is 7.38. The minimum atomic E-state index is -0.826. The maximum Gasteiger partial charge on any atom is 0.509 e. The third-order valence-electron chi connectivity index (χ3n) is 2.77. The average Bonchev–Trinajstić information content (AvgIpc) is 2.14. The Morgan fingerprint density at radius 3 is 2.46 bits per heavy atom. The number of Topliss-reactive ketones (excluding diaryl/α,β-unsaturated/α-hetero) is 1. The Bertz CT molecular complexity index is 240. The predicted octanol–water partition coefficient (Wildman–Crippen LogP) is 1.43. The van der Waals surface area contributed by atoms with Gasteiger partial charge in [0.15, 0.2) is 12.2 Å². The summed E-state index contributed by atoms with van der Waals surface area (Å²) < 4.78 is 9.52. The van der Waals surface area contributed by atoms with Gasteiger partial charge in [-0.2, -0.15) is 0 Å². The molecule has 0 radical (unpaired) electrons. The van der Waals surface area contributed by atoms with Gasteiger partial charge in [-0.3, -0.25) is 4.79 Å². The molecule has 0 bridgehead atoms. The number of rotatable bonds is 0. The summed E-state index contributed by atoms with van der Waals surface area (Å²) in [6.07, 6.45) is 3.68. The van der Waals surface area contributed by atoms with E-state index in [1.54, 1.807) is 0 Å². The van der Waals surface area contributed by atoms with Crippen molar-refractivity contribution in [1.29, 1.82) is 0 Å². The molecule has 72 valence electrons. The summed E-state index contributed by atoms with van der Waals surface area (Å²) in [7, 11) is 0. The van der Waals surface area contributed by atoms with Crippen LogP contribution in [0, 0.1) is 0 Å². The molecule has 1 heterocycles. The van der Waals surface area contributed by atoms with Gasteiger partial charge in [-0.05, 0) is 25.7 Å². The van der Waals surface area contributed by atoms with Gasteiger partial charge >= 0.3 is 6.16 Å². The highest BCUT2D eigenvalue weighted by molar-refractivity contribution is 5.93. The standard InChI is InChI=1S/C9H12O4/c10-7-6-12-8(11)13-9(7)4-2-1-3-5-9/h1-6H2. The van der Waals surface area contributed by atoms with Crippen LogP contribution in [0.15, 0.2) is 0 Å². The first-order valence-corrected chi connectivity index (χ1v) is 4.62. The van der Waals surface area contributed by atoms with Crippen molar-refractivity contribution in [2.24, 2.45) is 0 Å². The molecule has 1 spiro atoms. The molecule has 0 atom stereocenters. The SMILES string of the molecule is O=C1OCC(=O)C2(CCCCC2)O1. The van der Waals surface area contributed by atoms with E-state index in [0.717, 1.165) is 19.3 Å². The molecule has 1 aliphatic heterocycles. The zero-order valence-corrected chi connectivity index (χ0v) is 7.38. The fourth-order valence-electron chi connectivity index (χ4n) is 2.01. The fraction of sp³-hybridized carbons (Fsp3) is 0.778. The lowest BCUT2D eigenvalue weighted by Gasteiger charge is -2.37. The van der Waals surface area contributed by atoms with Crippen LogP contribution in [0.1, 0.15) is 32.1 Å². The number of hydrogen-bond acceptors (Lipinski definition) is 4. The molecule has 1 aliphatic carbocycles. The Labute approximate surface area is 76.2 Å². The van der Waals surface area contributed by atoms with Crippen molar-refractivity contribution < 1.29 is 19.1 Å². The predicted molar refractivity (Wildman–Crippen MR) is 43.3 cm³/mol. The van der Waals surface area contributed by atoms with Crippen LogP contribution in [0.5, 0.6) is 0 Å². The number of ketones is 1. The summed E-state index contributed by atoms with van der Waals surface area (Å²) in [5.41, 5.74) is -0.826. The molecule has 0 N–H and O–H groups in total. The van der Waals surface area contributed by atoms with E-state index < -0.39 is 11.8 Å². The molecule has 4 heteroatoms. The van der Waals surface area contributed by atoms with Gasteiger partial charge in [0, 0.05) is 0 Å². The minimum absolute atomic E-state index is 0.0770. The highest BCUT2D eigenvalue weighted by Crippen LogP contribution is 2.34. The third-order valence-corrected chi connectivity index (χ3v) is 2.77. The highest BCUT2D eigenvalue weighted by atomic mass is 16.7. The first-order valence-electron chi connectivity index (χ1n) is 4.62. The van der Waals surface area contributed by atoms with Crippen molar-refractivity contribution in [3.05, 3.63) is 0 Å². The lowest BCUT2D eigenvalue weighted by molar-refractivity contribution is -0.158. The Morgan fingerprint density at radius 1 is 1.08 bits per heavy atom. The van der Waals surface area contributed by atoms with E-state index in [1.807, 2.05) is 0 Å². The second-order valence-electron chi connectivity index (χ2n) is 3.62. The lowest BCUT2D eigenvalue weighted by Crippen LogP contribution is -2.50. The minimum Gasteiger partial charge on any atom is -0.426 e. The molecule has 0 unspecified atom stereocenters. The summed E-state index contributed by atoms with van der Waals surface area (Å²) in [6.45, 7) is -0.112. The second-order valence-corrected chi connectivity index (χ2v) is 3.62. The molecular formula is C9H12O4. The molecule has 0 aromatic heterocycles. The van der Waals surface area contributed by atoms with Crippen LogP contribution in [0.25, 0.3) is 0 Å². The summed E-state index contributed by atoms with van der Waals surface area (Å²) >= 11 is 0. The molecule has 0 amide bonds. The molecule has 0 aromatic carbocycles. The maximum absolute atomic E-state index is 11.5. The number of cyclic esters (lactones) is 1. The number of carbonyl (C=O) groups excluding carboxylic acids is 2. The van der Waals surface area contributed by atoms with Crippen molar-refractivity contribution in [3.8, 4) is 0 Å². The Balaban J connectivity index is 2.16. The van der Waals surface area contributed by atoms with E-state index in [0.29, 0.717) is 12.8 Å². The molecule has 2 aliphatic rings. The Morgan fingerprint density at radius 2 is 1.77 bits per heavy atom. The third kappa shape index (κ3) is 1.41. The molecular weight excluding hydrogens is 172 g/mol. The van der Waals surface area contributed by atoms with Gasteiger partial charge < -0.3 is 9.47 Å². The second kappa shape index (κ2) is 3.01. The summed E-state index contributed by atoms with van der Waals surface area (Å²) in [5, 5.41) is 0. The van der Waals surface area contributed by atoms with Crippen molar-refractivity contribution in [2.45, 2.75) is 37.7 Å². The lowest BCUT2D eigenvalue weighted by atomic mass is 9.81.